The van der Waals surface area contributed by atoms with Crippen LogP contribution in [-0.2, 0) is 17.8 Å². The molecule has 0 amide bonds. The summed E-state index contributed by atoms with van der Waals surface area (Å²) in [5.41, 5.74) is 4.48. The van der Waals surface area contributed by atoms with Crippen molar-refractivity contribution in [3.63, 3.8) is 0 Å². The second-order valence-corrected chi connectivity index (χ2v) is 12.1. The van der Waals surface area contributed by atoms with Crippen molar-refractivity contribution >= 4 is 5.97 Å². The lowest BCUT2D eigenvalue weighted by Crippen LogP contribution is -2.41. The van der Waals surface area contributed by atoms with Gasteiger partial charge in [0, 0.05) is 50.3 Å². The number of rotatable bonds is 9. The van der Waals surface area contributed by atoms with E-state index >= 15 is 0 Å². The molecule has 0 radical (unpaired) electrons. The van der Waals surface area contributed by atoms with Crippen molar-refractivity contribution < 1.29 is 14.3 Å². The maximum atomic E-state index is 14.2. The number of piperidine rings is 1. The van der Waals surface area contributed by atoms with Gasteiger partial charge in [0.25, 0.3) is 0 Å². The molecule has 1 saturated carbocycles. The van der Waals surface area contributed by atoms with Gasteiger partial charge in [-0.25, -0.2) is 4.39 Å². The molecule has 3 aliphatic rings. The van der Waals surface area contributed by atoms with E-state index in [4.69, 9.17) is 5.10 Å². The number of aliphatic carboxylic acids is 1. The molecule has 2 unspecified atom stereocenters. The molecule has 1 N–H and O–H groups in total. The molecule has 0 bridgehead atoms. The van der Waals surface area contributed by atoms with Crippen LogP contribution in [0.3, 0.4) is 0 Å². The highest BCUT2D eigenvalue weighted by Crippen LogP contribution is 2.42. The predicted molar refractivity (Wildman–Crippen MR) is 148 cm³/mol. The van der Waals surface area contributed by atoms with Crippen molar-refractivity contribution in [2.45, 2.75) is 84.1 Å². The number of hydrogen-bond donors (Lipinski definition) is 1. The van der Waals surface area contributed by atoms with Crippen molar-refractivity contribution in [1.29, 1.82) is 0 Å². The fourth-order valence-corrected chi connectivity index (χ4v) is 7.74. The van der Waals surface area contributed by atoms with E-state index in [0.717, 1.165) is 89.8 Å². The molecule has 3 fully saturated rings. The molecule has 2 aromatic rings. The number of carboxylic acid groups (broad SMARTS) is 1. The van der Waals surface area contributed by atoms with Crippen molar-refractivity contribution in [2.24, 2.45) is 11.3 Å². The summed E-state index contributed by atoms with van der Waals surface area (Å²) < 4.78 is 16.4. The molecule has 7 heteroatoms. The smallest absolute Gasteiger partial charge is 0.310 e. The number of aromatic nitrogens is 2. The number of benzene rings is 1. The Hall–Kier alpha value is -2.25. The Labute approximate surface area is 227 Å². The summed E-state index contributed by atoms with van der Waals surface area (Å²) in [6.45, 7) is 13.0. The Morgan fingerprint density at radius 2 is 1.87 bits per heavy atom. The van der Waals surface area contributed by atoms with Gasteiger partial charge in [-0.1, -0.05) is 31.9 Å². The van der Waals surface area contributed by atoms with Gasteiger partial charge in [-0.05, 0) is 88.2 Å². The summed E-state index contributed by atoms with van der Waals surface area (Å²) in [6, 6.07) is 7.07. The average molecular weight is 525 g/mol. The molecule has 1 aliphatic carbocycles. The Morgan fingerprint density at radius 3 is 2.50 bits per heavy atom. The molecule has 208 valence electrons. The van der Waals surface area contributed by atoms with Crippen LogP contribution >= 0.6 is 0 Å². The molecular formula is C31H45FN4O2. The van der Waals surface area contributed by atoms with Crippen molar-refractivity contribution in [1.82, 2.24) is 19.6 Å². The molecule has 1 aromatic heterocycles. The van der Waals surface area contributed by atoms with Crippen LogP contribution in [0.4, 0.5) is 4.39 Å². The molecule has 38 heavy (non-hydrogen) atoms. The zero-order chi connectivity index (χ0) is 26.9. The largest absolute Gasteiger partial charge is 0.481 e. The number of halogens is 1. The van der Waals surface area contributed by atoms with Crippen LogP contribution in [0.25, 0.3) is 0 Å². The first-order valence-corrected chi connectivity index (χ1v) is 14.8. The summed E-state index contributed by atoms with van der Waals surface area (Å²) in [5, 5.41) is 14.9. The van der Waals surface area contributed by atoms with Crippen LogP contribution in [0.15, 0.2) is 24.3 Å². The third-order valence-electron chi connectivity index (χ3n) is 9.77. The Bertz CT molecular complexity index is 1120. The van der Waals surface area contributed by atoms with E-state index in [9.17, 15) is 14.3 Å². The van der Waals surface area contributed by atoms with Gasteiger partial charge in [0.1, 0.15) is 5.82 Å². The number of carbonyl (C=O) groups is 1. The average Bonchev–Trinajstić information content (AvgIpc) is 3.62. The molecule has 6 nitrogen and oxygen atoms in total. The van der Waals surface area contributed by atoms with Gasteiger partial charge in [0.15, 0.2) is 0 Å². The molecular weight excluding hydrogens is 479 g/mol. The summed E-state index contributed by atoms with van der Waals surface area (Å²) in [7, 11) is 0. The highest BCUT2D eigenvalue weighted by molar-refractivity contribution is 5.75. The molecule has 1 aromatic carbocycles. The van der Waals surface area contributed by atoms with Gasteiger partial charge in [-0.15, -0.1) is 0 Å². The topological polar surface area (TPSA) is 61.6 Å². The molecule has 2 saturated heterocycles. The molecule has 2 aliphatic heterocycles. The summed E-state index contributed by atoms with van der Waals surface area (Å²) in [5.74, 6) is 0.320. The first-order valence-electron chi connectivity index (χ1n) is 14.8. The van der Waals surface area contributed by atoms with Gasteiger partial charge in [-0.2, -0.15) is 5.10 Å². The second-order valence-electron chi connectivity index (χ2n) is 12.1. The fourth-order valence-electron chi connectivity index (χ4n) is 7.74. The first-order chi connectivity index (χ1) is 18.3. The monoisotopic (exact) mass is 524 g/mol. The third-order valence-corrected chi connectivity index (χ3v) is 9.77. The van der Waals surface area contributed by atoms with E-state index in [1.54, 1.807) is 6.07 Å². The number of nitrogens with zero attached hydrogens (tertiary/aromatic N) is 4. The fraction of sp³-hybridized carbons (Fsp3) is 0.677. The maximum Gasteiger partial charge on any atom is 0.310 e. The minimum Gasteiger partial charge on any atom is -0.481 e. The minimum atomic E-state index is -0.643. The summed E-state index contributed by atoms with van der Waals surface area (Å²) >= 11 is 0. The van der Waals surface area contributed by atoms with E-state index in [1.165, 1.54) is 23.0 Å². The summed E-state index contributed by atoms with van der Waals surface area (Å²) in [6.07, 6.45) is 6.81. The van der Waals surface area contributed by atoms with Crippen LogP contribution in [0.2, 0.25) is 0 Å². The standard InChI is InChI=1S/C31H45FN4O2/c1-4-28-22(3)29(36(5-2)33-28)23-11-15-34(16-12-23)18-25-19-35(21-31(30(37)38)13-6-7-14-31)20-27(25)24-9-8-10-26(32)17-24/h8-10,17,23,25,27H,4-7,11-16,18-21H2,1-3H3,(H,37,38). The quantitative estimate of drug-likeness (QED) is 0.473. The summed E-state index contributed by atoms with van der Waals surface area (Å²) in [4.78, 5) is 17.2. The number of aryl methyl sites for hydroxylation is 2. The van der Waals surface area contributed by atoms with Gasteiger partial charge in [0.05, 0.1) is 11.1 Å². The zero-order valence-electron chi connectivity index (χ0n) is 23.5. The van der Waals surface area contributed by atoms with Crippen molar-refractivity contribution in [3.8, 4) is 0 Å². The van der Waals surface area contributed by atoms with E-state index < -0.39 is 11.4 Å². The normalized spacial score (nSPS) is 24.8. The van der Waals surface area contributed by atoms with E-state index in [1.807, 2.05) is 6.07 Å². The lowest BCUT2D eigenvalue weighted by molar-refractivity contribution is -0.149. The van der Waals surface area contributed by atoms with E-state index in [0.29, 0.717) is 18.4 Å². The van der Waals surface area contributed by atoms with Crippen LogP contribution < -0.4 is 0 Å². The van der Waals surface area contributed by atoms with Gasteiger partial charge < -0.3 is 14.9 Å². The molecule has 3 heterocycles. The number of likely N-dealkylation sites (tertiary alicyclic amines) is 2. The number of hydrogen-bond acceptors (Lipinski definition) is 4. The van der Waals surface area contributed by atoms with Crippen LogP contribution in [0.5, 0.6) is 0 Å². The molecule has 2 atom stereocenters. The highest BCUT2D eigenvalue weighted by atomic mass is 19.1. The Morgan fingerprint density at radius 1 is 1.13 bits per heavy atom. The zero-order valence-corrected chi connectivity index (χ0v) is 23.5. The van der Waals surface area contributed by atoms with Crippen LogP contribution in [-0.4, -0.2) is 69.9 Å². The van der Waals surface area contributed by atoms with Crippen LogP contribution in [0, 0.1) is 24.1 Å². The number of carboxylic acids is 1. The lowest BCUT2D eigenvalue weighted by Gasteiger charge is -2.35. The molecule has 5 rings (SSSR count). The lowest BCUT2D eigenvalue weighted by atomic mass is 9.85. The van der Waals surface area contributed by atoms with E-state index in [-0.39, 0.29) is 11.7 Å². The van der Waals surface area contributed by atoms with Gasteiger partial charge in [-0.3, -0.25) is 9.48 Å². The molecule has 0 spiro atoms. The maximum absolute atomic E-state index is 14.2. The second kappa shape index (κ2) is 11.5. The highest BCUT2D eigenvalue weighted by Gasteiger charge is 2.45. The van der Waals surface area contributed by atoms with Gasteiger partial charge in [0.2, 0.25) is 0 Å². The van der Waals surface area contributed by atoms with Crippen molar-refractivity contribution in [2.75, 3.05) is 39.3 Å². The Balaban J connectivity index is 1.28. The predicted octanol–water partition coefficient (Wildman–Crippen LogP) is 5.45. The van der Waals surface area contributed by atoms with Gasteiger partial charge >= 0.3 is 5.97 Å². The SMILES string of the molecule is CCc1nn(CC)c(C2CCN(CC3CN(CC4(C(=O)O)CCCC4)CC3c3cccc(F)c3)CC2)c1C. The Kier molecular flexibility index (Phi) is 8.25. The van der Waals surface area contributed by atoms with Crippen LogP contribution in [0.1, 0.15) is 86.7 Å². The van der Waals surface area contributed by atoms with E-state index in [2.05, 4.69) is 41.3 Å². The third kappa shape index (κ3) is 5.42. The van der Waals surface area contributed by atoms with Crippen molar-refractivity contribution in [3.05, 3.63) is 52.6 Å². The first kappa shape index (κ1) is 27.3. The minimum absolute atomic E-state index is 0.187.